The zero-order valence-electron chi connectivity index (χ0n) is 14.6. The van der Waals surface area contributed by atoms with Crippen molar-refractivity contribution < 1.29 is 39.5 Å². The molecule has 0 spiro atoms. The molecule has 162 valence electrons. The number of carboxylic acids is 3. The molecule has 0 heterocycles. The number of halogens is 4. The third-order valence-electron chi connectivity index (χ3n) is 3.22. The van der Waals surface area contributed by atoms with Crippen molar-refractivity contribution in [2.75, 3.05) is 0 Å². The van der Waals surface area contributed by atoms with Gasteiger partial charge in [0.1, 0.15) is 17.5 Å². The molecule has 13 heteroatoms. The summed E-state index contributed by atoms with van der Waals surface area (Å²) in [6.07, 6.45) is 0.261. The highest BCUT2D eigenvalue weighted by Crippen LogP contribution is 2.36. The van der Waals surface area contributed by atoms with Gasteiger partial charge in [-0.05, 0) is 127 Å². The molecule has 0 bridgehead atoms. The molecule has 2 aromatic carbocycles. The fourth-order valence-corrected chi connectivity index (χ4v) is 5.72. The van der Waals surface area contributed by atoms with Gasteiger partial charge < -0.3 is 30.9 Å². The summed E-state index contributed by atoms with van der Waals surface area (Å²) in [5, 5.41) is 33.6. The SMILES string of the molecule is N[C@@H](Cc1cc(I)c(Oc2cc(I)c(O)c(I)c2)c(I)c1)C(=O)O.O=C(O)C(=O)O. The van der Waals surface area contributed by atoms with Crippen LogP contribution in [0.2, 0.25) is 0 Å². The highest BCUT2D eigenvalue weighted by molar-refractivity contribution is 14.1. The lowest BCUT2D eigenvalue weighted by Gasteiger charge is -2.14. The van der Waals surface area contributed by atoms with Crippen molar-refractivity contribution in [3.05, 3.63) is 44.1 Å². The zero-order chi connectivity index (χ0) is 23.2. The molecule has 0 aliphatic heterocycles. The van der Waals surface area contributed by atoms with E-state index >= 15 is 0 Å². The number of rotatable bonds is 5. The number of ether oxygens (including phenoxy) is 1. The number of phenolic OH excluding ortho intramolecular Hbond substituents is 1. The van der Waals surface area contributed by atoms with Gasteiger partial charge in [0, 0.05) is 0 Å². The van der Waals surface area contributed by atoms with E-state index in [9.17, 15) is 9.90 Å². The molecule has 0 aromatic heterocycles. The molecule has 2 rings (SSSR count). The molecule has 30 heavy (non-hydrogen) atoms. The van der Waals surface area contributed by atoms with Crippen molar-refractivity contribution in [1.29, 1.82) is 0 Å². The van der Waals surface area contributed by atoms with Crippen LogP contribution in [0, 0.1) is 14.3 Å². The van der Waals surface area contributed by atoms with E-state index < -0.39 is 23.9 Å². The van der Waals surface area contributed by atoms with Gasteiger partial charge in [-0.3, -0.25) is 4.79 Å². The number of hydrogen-bond donors (Lipinski definition) is 5. The van der Waals surface area contributed by atoms with E-state index in [1.54, 1.807) is 12.1 Å². The van der Waals surface area contributed by atoms with Gasteiger partial charge in [-0.15, -0.1) is 0 Å². The van der Waals surface area contributed by atoms with Crippen LogP contribution >= 0.6 is 90.4 Å². The van der Waals surface area contributed by atoms with Gasteiger partial charge in [-0.2, -0.15) is 0 Å². The summed E-state index contributed by atoms with van der Waals surface area (Å²) in [6.45, 7) is 0. The van der Waals surface area contributed by atoms with Crippen molar-refractivity contribution in [2.24, 2.45) is 5.73 Å². The summed E-state index contributed by atoms with van der Waals surface area (Å²) < 4.78 is 9.14. The van der Waals surface area contributed by atoms with Crippen LogP contribution in [0.5, 0.6) is 17.2 Å². The predicted octanol–water partition coefficient (Wildman–Crippen LogP) is 3.71. The molecule has 0 amide bonds. The Hall–Kier alpha value is -0.670. The first-order valence-electron chi connectivity index (χ1n) is 7.61. The zero-order valence-corrected chi connectivity index (χ0v) is 23.2. The van der Waals surface area contributed by atoms with Crippen LogP contribution in [0.4, 0.5) is 0 Å². The maximum Gasteiger partial charge on any atom is 0.414 e. The molecule has 6 N–H and O–H groups in total. The Morgan fingerprint density at radius 1 is 0.867 bits per heavy atom. The Labute approximate surface area is 224 Å². The van der Waals surface area contributed by atoms with E-state index in [0.717, 1.165) is 12.7 Å². The fraction of sp³-hybridized carbons (Fsp3) is 0.118. The number of benzene rings is 2. The average molecular weight is 867 g/mol. The van der Waals surface area contributed by atoms with Crippen molar-refractivity contribution in [3.8, 4) is 17.2 Å². The summed E-state index contributed by atoms with van der Waals surface area (Å²) >= 11 is 8.42. The minimum absolute atomic E-state index is 0.242. The minimum atomic E-state index is -1.82. The van der Waals surface area contributed by atoms with Gasteiger partial charge in [0.15, 0.2) is 5.75 Å². The molecule has 0 fully saturated rings. The normalized spacial score (nSPS) is 11.1. The van der Waals surface area contributed by atoms with E-state index in [0.29, 0.717) is 18.6 Å². The maximum absolute atomic E-state index is 10.9. The van der Waals surface area contributed by atoms with Crippen molar-refractivity contribution >= 4 is 108 Å². The Bertz CT molecular complexity index is 924. The Morgan fingerprint density at radius 3 is 1.67 bits per heavy atom. The van der Waals surface area contributed by atoms with Crippen molar-refractivity contribution in [2.45, 2.75) is 12.5 Å². The second-order valence-electron chi connectivity index (χ2n) is 5.49. The predicted molar refractivity (Wildman–Crippen MR) is 140 cm³/mol. The van der Waals surface area contributed by atoms with E-state index in [2.05, 4.69) is 90.4 Å². The van der Waals surface area contributed by atoms with E-state index in [1.807, 2.05) is 12.1 Å². The van der Waals surface area contributed by atoms with Gasteiger partial charge in [0.2, 0.25) is 0 Å². The minimum Gasteiger partial charge on any atom is -0.506 e. The Balaban J connectivity index is 0.000000656. The van der Waals surface area contributed by atoms with Crippen LogP contribution in [0.1, 0.15) is 5.56 Å². The molecule has 0 saturated carbocycles. The molecule has 0 saturated heterocycles. The fourth-order valence-electron chi connectivity index (χ4n) is 1.89. The molecular weight excluding hydrogens is 854 g/mol. The number of carboxylic acid groups (broad SMARTS) is 3. The van der Waals surface area contributed by atoms with Gasteiger partial charge in [-0.25, -0.2) is 9.59 Å². The molecule has 0 aliphatic carbocycles. The summed E-state index contributed by atoms with van der Waals surface area (Å²) in [5.41, 5.74) is 6.44. The number of aromatic hydroxyl groups is 1. The van der Waals surface area contributed by atoms with Crippen molar-refractivity contribution in [1.82, 2.24) is 0 Å². The number of carbonyl (C=O) groups is 3. The highest BCUT2D eigenvalue weighted by Gasteiger charge is 2.16. The van der Waals surface area contributed by atoms with Crippen LogP contribution in [0.3, 0.4) is 0 Å². The number of aliphatic carboxylic acids is 3. The summed E-state index contributed by atoms with van der Waals surface area (Å²) in [6, 6.07) is 6.34. The van der Waals surface area contributed by atoms with Crippen LogP contribution in [-0.2, 0) is 20.8 Å². The molecule has 0 radical (unpaired) electrons. The molecule has 9 nitrogen and oxygen atoms in total. The van der Waals surface area contributed by atoms with Crippen LogP contribution < -0.4 is 10.5 Å². The summed E-state index contributed by atoms with van der Waals surface area (Å²) in [5.74, 6) is -3.10. The van der Waals surface area contributed by atoms with Gasteiger partial charge in [0.25, 0.3) is 0 Å². The topological polar surface area (TPSA) is 167 Å². The maximum atomic E-state index is 10.9. The Morgan fingerprint density at radius 2 is 1.30 bits per heavy atom. The first-order chi connectivity index (χ1) is 13.8. The van der Waals surface area contributed by atoms with Crippen molar-refractivity contribution in [3.63, 3.8) is 0 Å². The number of nitrogens with two attached hydrogens (primary N) is 1. The Kier molecular flexibility index (Phi) is 11.3. The largest absolute Gasteiger partial charge is 0.506 e. The van der Waals surface area contributed by atoms with Gasteiger partial charge >= 0.3 is 17.9 Å². The number of hydrogen-bond acceptors (Lipinski definition) is 6. The van der Waals surface area contributed by atoms with E-state index in [4.69, 9.17) is 35.4 Å². The van der Waals surface area contributed by atoms with E-state index in [1.165, 1.54) is 0 Å². The van der Waals surface area contributed by atoms with Gasteiger partial charge in [0.05, 0.1) is 14.3 Å². The van der Waals surface area contributed by atoms with Crippen LogP contribution in [0.15, 0.2) is 24.3 Å². The van der Waals surface area contributed by atoms with Crippen LogP contribution in [-0.4, -0.2) is 44.4 Å². The number of phenols is 1. The molecular formula is C17H13I4NO8. The third kappa shape index (κ3) is 8.46. The lowest BCUT2D eigenvalue weighted by atomic mass is 10.1. The second kappa shape index (κ2) is 12.4. The lowest BCUT2D eigenvalue weighted by molar-refractivity contribution is -0.159. The molecule has 1 atom stereocenters. The standard InChI is InChI=1S/C15H11I4NO4.C2H2O4/c16-8-4-7(5-9(17)13(8)21)24-14-10(18)1-6(2-11(14)19)3-12(20)15(22)23;3-1(4)2(5)6/h1-2,4-5,12,21H,3,20H2,(H,22,23);(H,3,4)(H,5,6)/t12-;/m0./s1. The van der Waals surface area contributed by atoms with E-state index in [-0.39, 0.29) is 12.2 Å². The first-order valence-corrected chi connectivity index (χ1v) is 11.9. The first kappa shape index (κ1) is 27.4. The summed E-state index contributed by atoms with van der Waals surface area (Å²) in [4.78, 5) is 29.1. The monoisotopic (exact) mass is 867 g/mol. The molecule has 0 unspecified atom stereocenters. The molecule has 0 aliphatic rings. The quantitative estimate of drug-likeness (QED) is 0.223. The van der Waals surface area contributed by atoms with Crippen LogP contribution in [0.25, 0.3) is 0 Å². The second-order valence-corrected chi connectivity index (χ2v) is 10.1. The molecule has 2 aromatic rings. The highest BCUT2D eigenvalue weighted by atomic mass is 127. The average Bonchev–Trinajstić information content (AvgIpc) is 2.63. The third-order valence-corrected chi connectivity index (χ3v) is 6.47. The summed E-state index contributed by atoms with van der Waals surface area (Å²) in [7, 11) is 0. The lowest BCUT2D eigenvalue weighted by Crippen LogP contribution is -2.32. The van der Waals surface area contributed by atoms with Gasteiger partial charge in [-0.1, -0.05) is 0 Å². The smallest absolute Gasteiger partial charge is 0.414 e.